The Balaban J connectivity index is 0.000000403. The minimum atomic E-state index is -1.54. The number of benzene rings is 6. The lowest BCUT2D eigenvalue weighted by Gasteiger charge is -2.39. The molecule has 3 fully saturated rings. The Bertz CT molecular complexity index is 3920. The fraction of sp³-hybridized carbons (Fsp3) is 0.427. The van der Waals surface area contributed by atoms with Crippen LogP contribution in [0.15, 0.2) is 127 Å². The fourth-order valence-corrected chi connectivity index (χ4v) is 8.91. The molecule has 32 heteroatoms. The molecule has 3 aliphatic rings. The van der Waals surface area contributed by atoms with E-state index in [1.807, 2.05) is 99.2 Å². The summed E-state index contributed by atoms with van der Waals surface area (Å²) in [6.45, 7) is 17.3. The zero-order valence-electron chi connectivity index (χ0n) is 66.4. The number of alkyl halides is 2. The third-order valence-electron chi connectivity index (χ3n) is 16.4. The molecule has 9 rings (SSSR count). The van der Waals surface area contributed by atoms with Gasteiger partial charge in [0.1, 0.15) is 73.4 Å². The van der Waals surface area contributed by atoms with E-state index >= 15 is 0 Å². The maximum absolute atomic E-state index is 13.2. The first-order chi connectivity index (χ1) is 53.4. The Hall–Kier alpha value is -7.16. The highest BCUT2D eigenvalue weighted by Gasteiger charge is 2.46. The monoisotopic (exact) mass is 1720 g/mol. The number of hydrogen-bond acceptors (Lipinski definition) is 25. The summed E-state index contributed by atoms with van der Waals surface area (Å²) in [5, 5.41) is 65.4. The number of esters is 4. The van der Waals surface area contributed by atoms with Gasteiger partial charge in [-0.25, -0.2) is 0 Å². The second-order valence-electron chi connectivity index (χ2n) is 28.6. The molecule has 0 saturated carbocycles. The lowest BCUT2D eigenvalue weighted by Crippen LogP contribution is -2.50. The number of carbonyl (C=O) groups is 5. The van der Waals surface area contributed by atoms with Gasteiger partial charge >= 0.3 is 28.8 Å². The van der Waals surface area contributed by atoms with Crippen molar-refractivity contribution in [1.82, 2.24) is 0 Å². The van der Waals surface area contributed by atoms with Gasteiger partial charge in [0.15, 0.2) is 17.4 Å². The zero-order chi connectivity index (χ0) is 85.9. The van der Waals surface area contributed by atoms with Crippen LogP contribution in [-0.2, 0) is 52.4 Å². The van der Waals surface area contributed by atoms with Crippen molar-refractivity contribution in [3.05, 3.63) is 161 Å². The lowest BCUT2D eigenvalue weighted by molar-refractivity contribution is -0.280. The fourth-order valence-electron chi connectivity index (χ4n) is 8.80. The minimum absolute atomic E-state index is 0.0153. The van der Waals surface area contributed by atoms with Gasteiger partial charge in [0.25, 0.3) is 0 Å². The zero-order valence-corrected chi connectivity index (χ0v) is 71.7. The smallest absolute Gasteiger partial charge is 0.450 e. The van der Waals surface area contributed by atoms with Gasteiger partial charge in [0.05, 0.1) is 85.7 Å². The lowest BCUT2D eigenvalue weighted by atomic mass is 9.91. The van der Waals surface area contributed by atoms with Crippen LogP contribution in [0, 0.1) is 27.1 Å². The Morgan fingerprint density at radius 1 is 0.404 bits per heavy atom. The van der Waals surface area contributed by atoms with Crippen molar-refractivity contribution in [2.45, 2.75) is 93.5 Å². The van der Waals surface area contributed by atoms with Crippen molar-refractivity contribution in [3.8, 4) is 51.7 Å². The van der Waals surface area contributed by atoms with Gasteiger partial charge in [-0.15, -0.1) is 23.2 Å². The van der Waals surface area contributed by atoms with Crippen LogP contribution in [0.25, 0.3) is 36.5 Å². The number of ether oxygens (including phenoxy) is 12. The molecule has 3 saturated heterocycles. The highest BCUT2D eigenvalue weighted by molar-refractivity contribution is 7.97. The Morgan fingerprint density at radius 2 is 0.649 bits per heavy atom. The number of thioether (sulfide) groups is 1. The number of phenols is 3. The van der Waals surface area contributed by atoms with Crippen LogP contribution < -0.4 is 28.4 Å². The predicted molar refractivity (Wildman–Crippen MR) is 448 cm³/mol. The van der Waals surface area contributed by atoms with Gasteiger partial charge in [-0.1, -0.05) is 72.9 Å². The molecule has 0 unspecified atom stereocenters. The largest absolute Gasteiger partial charge is 0.508 e. The van der Waals surface area contributed by atoms with E-state index in [1.54, 1.807) is 123 Å². The molecule has 0 bridgehead atoms. The quantitative estimate of drug-likeness (QED) is 0.00829. The van der Waals surface area contributed by atoms with Gasteiger partial charge in [-0.3, -0.25) is 24.0 Å². The average molecular weight is 1730 g/mol. The molecule has 24 nitrogen and oxygen atoms in total. The van der Waals surface area contributed by atoms with Crippen LogP contribution in [0.5, 0.6) is 51.7 Å². The van der Waals surface area contributed by atoms with Crippen molar-refractivity contribution >= 4 is 151 Å². The molecule has 0 atom stereocenters. The van der Waals surface area contributed by atoms with Crippen molar-refractivity contribution in [1.29, 1.82) is 0 Å². The number of hydrogen-bond donors (Lipinski definition) is 7. The number of aliphatic hydroxyl groups excluding tert-OH is 4. The van der Waals surface area contributed by atoms with Gasteiger partial charge in [0.2, 0.25) is 5.24 Å². The molecule has 6 aromatic rings. The van der Waals surface area contributed by atoms with Crippen LogP contribution >= 0.6 is 80.9 Å². The Morgan fingerprint density at radius 3 is 0.904 bits per heavy atom. The molecular formula is C82H103BCl6O24S. The van der Waals surface area contributed by atoms with E-state index in [0.29, 0.717) is 36.1 Å². The van der Waals surface area contributed by atoms with Gasteiger partial charge in [0, 0.05) is 30.0 Å². The molecule has 0 amide bonds. The number of phenolic OH excluding ortho intramolecular Hbond substituents is 3. The van der Waals surface area contributed by atoms with Gasteiger partial charge in [-0.05, 0) is 206 Å². The molecule has 0 aliphatic carbocycles. The van der Waals surface area contributed by atoms with E-state index in [0.717, 1.165) is 33.8 Å². The summed E-state index contributed by atoms with van der Waals surface area (Å²) < 4.78 is 65.9. The van der Waals surface area contributed by atoms with Crippen LogP contribution in [0.1, 0.15) is 110 Å². The first-order valence-electron chi connectivity index (χ1n) is 35.1. The van der Waals surface area contributed by atoms with E-state index in [-0.39, 0.29) is 66.7 Å². The third-order valence-corrected chi connectivity index (χ3v) is 17.5. The molecule has 114 heavy (non-hydrogen) atoms. The summed E-state index contributed by atoms with van der Waals surface area (Å²) in [5.74, 6) is -1.66. The molecule has 0 spiro atoms. The van der Waals surface area contributed by atoms with Crippen molar-refractivity contribution in [3.63, 3.8) is 0 Å². The number of rotatable bonds is 22. The average Bonchev–Trinajstić information content (AvgIpc) is 0.804. The molecule has 0 aromatic heterocycles. The topological polar surface area (TPSA) is 338 Å². The van der Waals surface area contributed by atoms with Crippen molar-refractivity contribution < 1.29 is 117 Å². The van der Waals surface area contributed by atoms with Crippen LogP contribution in [0.4, 0.5) is 0 Å². The number of aliphatic hydroxyl groups is 4. The molecule has 626 valence electrons. The second kappa shape index (κ2) is 47.9. The highest BCUT2D eigenvalue weighted by atomic mass is 35.6. The van der Waals surface area contributed by atoms with Crippen LogP contribution in [-0.4, -0.2) is 192 Å². The van der Waals surface area contributed by atoms with E-state index in [4.69, 9.17) is 126 Å². The van der Waals surface area contributed by atoms with Crippen LogP contribution in [0.2, 0.25) is 0 Å². The first kappa shape index (κ1) is 101. The van der Waals surface area contributed by atoms with E-state index in [2.05, 4.69) is 0 Å². The number of aromatic hydroxyl groups is 3. The molecule has 7 N–H and O–H groups in total. The second-order valence-corrected chi connectivity index (χ2v) is 32.5. The SMILES string of the molecule is CC(CO)(CO)C(=O)Oc1cc(/C=C/c2ccc(O)cc2)cc(OC(=O)C(C)(CO)CO)c1.CC1(C)OCC(C)(C(=O)Cl)CO1.COc1ccc(/C=C/c2cc(O)cc(O)c2)cc1.COc1ccc(/C=C/c2cc(OC(=O)C3(C)COC(C)(C)OC3)cc(OC(=O)C3(C)COC(C)(C)OC3)c2)cc1.CSC.ClB(Cl)Cl.ClCCCl. The summed E-state index contributed by atoms with van der Waals surface area (Å²) in [5.41, 5.74) is -1.19. The molecule has 0 radical (unpaired) electrons. The number of methoxy groups -OCH3 is 2. The molecular weight excluding hydrogens is 1620 g/mol. The Labute approximate surface area is 701 Å². The summed E-state index contributed by atoms with van der Waals surface area (Å²) >= 11 is 31.7. The number of halogens is 6. The van der Waals surface area contributed by atoms with Gasteiger partial charge < -0.3 is 92.6 Å². The third kappa shape index (κ3) is 35.3. The van der Waals surface area contributed by atoms with Crippen molar-refractivity contribution in [2.75, 3.05) is 105 Å². The van der Waals surface area contributed by atoms with Gasteiger partial charge in [-0.2, -0.15) is 46.1 Å². The Kier molecular flexibility index (Phi) is 42.5. The molecule has 6 aromatic carbocycles. The van der Waals surface area contributed by atoms with Crippen molar-refractivity contribution in [2.24, 2.45) is 27.1 Å². The summed E-state index contributed by atoms with van der Waals surface area (Å²) in [4.78, 5) is 61.5. The molecule has 3 heterocycles. The predicted octanol–water partition coefficient (Wildman–Crippen LogP) is 15.6. The first-order valence-corrected chi connectivity index (χ1v) is 39.5. The minimum Gasteiger partial charge on any atom is -0.508 e. The van der Waals surface area contributed by atoms with Crippen LogP contribution in [0.3, 0.4) is 0 Å². The summed E-state index contributed by atoms with van der Waals surface area (Å²) in [6, 6.07) is 35.1. The maximum atomic E-state index is 13.2. The summed E-state index contributed by atoms with van der Waals surface area (Å²) in [7, 11) is 3.24. The van der Waals surface area contributed by atoms with E-state index in [1.165, 1.54) is 56.3 Å². The van der Waals surface area contributed by atoms with E-state index < -0.39 is 105 Å². The summed E-state index contributed by atoms with van der Waals surface area (Å²) in [6.07, 6.45) is 14.9. The van der Waals surface area contributed by atoms with E-state index in [9.17, 15) is 59.7 Å². The highest BCUT2D eigenvalue weighted by Crippen LogP contribution is 2.37. The molecule has 3 aliphatic heterocycles. The normalized spacial score (nSPS) is 16.0. The standard InChI is InChI=1S/C31H38O9.C24H28O9.C15H14O3.C8H13ClO3.C2H4Cl2.C2H6S.BCl3/c1-28(2)35-17-30(5,18-36-28)26(32)39-24-14-22(9-8-21-10-12-23(34-7)13-11-21)15-25(16-24)40-27(33)31(6)19-37-29(3,4)38-20-31;1-23(12-25,13-26)21(30)32-19-9-17(4-3-16-5-7-18(29)8-6-16)10-20(11-19)33-22(31)24(2,14-27)15-28;1-18-15-6-4-11(5-7-15)2-3-12-8-13(16)10-14(17)9-12;1-7(2)11-4-8(3,5-12-7)6(9)10;3-1-2-4;1-3-2;2-1(3)4/h8-16H,17-20H2,1-7H3;3-11,25-29H,12-15H2,1-2H3;2-10,16-17H,1H3;4-5H2,1-3H3;1-2H2;1-2H3;/b9-8+;4-3+;3-2+;;;;. The number of carbonyl (C=O) groups excluding carboxylic acids is 5. The maximum Gasteiger partial charge on any atom is 0.450 e.